The molecule has 20 heavy (non-hydrogen) atoms. The fraction of sp³-hybridized carbons (Fsp3) is 0.0667. The third-order valence-electron chi connectivity index (χ3n) is 2.72. The van der Waals surface area contributed by atoms with Crippen molar-refractivity contribution in [1.82, 2.24) is 0 Å². The Morgan fingerprint density at radius 2 is 1.55 bits per heavy atom. The molecule has 0 aliphatic rings. The minimum absolute atomic E-state index is 0.140. The predicted molar refractivity (Wildman–Crippen MR) is 80.9 cm³/mol. The molecule has 0 saturated heterocycles. The Bertz CT molecular complexity index is 656. The number of nitrogens with one attached hydrogen (secondary N) is 1. The van der Waals surface area contributed by atoms with Gasteiger partial charge in [-0.15, -0.1) is 11.6 Å². The van der Waals surface area contributed by atoms with Crippen LogP contribution in [-0.2, 0) is 0 Å². The van der Waals surface area contributed by atoms with Crippen LogP contribution in [0.3, 0.4) is 0 Å². The molecule has 2 aromatic rings. The summed E-state index contributed by atoms with van der Waals surface area (Å²) < 4.78 is 0. The van der Waals surface area contributed by atoms with Crippen molar-refractivity contribution in [2.24, 2.45) is 0 Å². The number of halogens is 2. The van der Waals surface area contributed by atoms with Crippen molar-refractivity contribution in [1.29, 1.82) is 0 Å². The molecular formula is C15H11Cl2NO2. The first-order valence-electron chi connectivity index (χ1n) is 5.87. The van der Waals surface area contributed by atoms with Crippen LogP contribution < -0.4 is 5.32 Å². The Morgan fingerprint density at radius 3 is 2.20 bits per heavy atom. The first-order valence-corrected chi connectivity index (χ1v) is 6.79. The minimum atomic E-state index is -0.370. The second kappa shape index (κ2) is 6.55. The number of benzene rings is 2. The van der Waals surface area contributed by atoms with E-state index < -0.39 is 0 Å². The lowest BCUT2D eigenvalue weighted by Crippen LogP contribution is -2.15. The largest absolute Gasteiger partial charge is 0.321 e. The maximum absolute atomic E-state index is 12.2. The number of hydrogen-bond donors (Lipinski definition) is 1. The van der Waals surface area contributed by atoms with E-state index in [2.05, 4.69) is 5.32 Å². The van der Waals surface area contributed by atoms with Gasteiger partial charge in [-0.3, -0.25) is 9.59 Å². The molecule has 0 saturated carbocycles. The van der Waals surface area contributed by atoms with Gasteiger partial charge in [0.2, 0.25) is 0 Å². The minimum Gasteiger partial charge on any atom is -0.321 e. The maximum Gasteiger partial charge on any atom is 0.257 e. The molecule has 5 heteroatoms. The summed E-state index contributed by atoms with van der Waals surface area (Å²) in [5.74, 6) is -0.758. The molecule has 0 aliphatic carbocycles. The van der Waals surface area contributed by atoms with Crippen LogP contribution in [0.1, 0.15) is 20.7 Å². The Kier molecular flexibility index (Phi) is 4.77. The number of anilines is 1. The molecule has 0 bridgehead atoms. The SMILES string of the molecule is O=C(Nc1ccccc1C(=O)CCl)c1ccccc1Cl. The zero-order valence-corrected chi connectivity index (χ0v) is 11.9. The Labute approximate surface area is 126 Å². The number of rotatable bonds is 4. The van der Waals surface area contributed by atoms with E-state index in [9.17, 15) is 9.59 Å². The lowest BCUT2D eigenvalue weighted by molar-refractivity contribution is 0.102. The van der Waals surface area contributed by atoms with Gasteiger partial charge in [0.25, 0.3) is 5.91 Å². The normalized spacial score (nSPS) is 10.1. The van der Waals surface area contributed by atoms with Crippen LogP contribution in [0.5, 0.6) is 0 Å². The molecule has 1 N–H and O–H groups in total. The number of amides is 1. The predicted octanol–water partition coefficient (Wildman–Crippen LogP) is 4.01. The van der Waals surface area contributed by atoms with Crippen molar-refractivity contribution >= 4 is 40.6 Å². The van der Waals surface area contributed by atoms with Crippen molar-refractivity contribution < 1.29 is 9.59 Å². The van der Waals surface area contributed by atoms with Crippen LogP contribution in [-0.4, -0.2) is 17.6 Å². The molecule has 102 valence electrons. The number of carbonyl (C=O) groups is 2. The van der Waals surface area contributed by atoms with Crippen LogP contribution >= 0.6 is 23.2 Å². The van der Waals surface area contributed by atoms with E-state index in [4.69, 9.17) is 23.2 Å². The molecule has 0 heterocycles. The molecule has 0 unspecified atom stereocenters. The first kappa shape index (κ1) is 14.6. The third kappa shape index (κ3) is 3.18. The molecule has 0 aliphatic heterocycles. The molecule has 0 spiro atoms. The standard InChI is InChI=1S/C15H11Cl2NO2/c16-9-14(19)11-6-2-4-8-13(11)18-15(20)10-5-1-3-7-12(10)17/h1-8H,9H2,(H,18,20). The van der Waals surface area contributed by atoms with E-state index in [1.165, 1.54) is 0 Å². The summed E-state index contributed by atoms with van der Waals surface area (Å²) in [7, 11) is 0. The van der Waals surface area contributed by atoms with Crippen LogP contribution in [0.15, 0.2) is 48.5 Å². The van der Waals surface area contributed by atoms with Gasteiger partial charge < -0.3 is 5.32 Å². The smallest absolute Gasteiger partial charge is 0.257 e. The number of hydrogen-bond acceptors (Lipinski definition) is 2. The third-order valence-corrected chi connectivity index (χ3v) is 3.29. The van der Waals surface area contributed by atoms with E-state index in [-0.39, 0.29) is 17.6 Å². The molecule has 0 fully saturated rings. The number of para-hydroxylation sites is 1. The highest BCUT2D eigenvalue weighted by Crippen LogP contribution is 2.20. The van der Waals surface area contributed by atoms with E-state index in [1.807, 2.05) is 0 Å². The van der Waals surface area contributed by atoms with Crippen LogP contribution in [0.4, 0.5) is 5.69 Å². The molecule has 0 atom stereocenters. The van der Waals surface area contributed by atoms with Gasteiger partial charge in [-0.1, -0.05) is 35.9 Å². The number of carbonyl (C=O) groups excluding carboxylic acids is 2. The molecule has 2 rings (SSSR count). The molecule has 0 aromatic heterocycles. The second-order valence-electron chi connectivity index (χ2n) is 4.04. The Balaban J connectivity index is 2.29. The van der Waals surface area contributed by atoms with Crippen LogP contribution in [0.2, 0.25) is 5.02 Å². The molecule has 1 amide bonds. The average Bonchev–Trinajstić information content (AvgIpc) is 2.47. The van der Waals surface area contributed by atoms with Gasteiger partial charge in [0.15, 0.2) is 5.78 Å². The van der Waals surface area contributed by atoms with E-state index >= 15 is 0 Å². The molecule has 0 radical (unpaired) electrons. The number of alkyl halides is 1. The highest BCUT2D eigenvalue weighted by Gasteiger charge is 2.14. The van der Waals surface area contributed by atoms with Gasteiger partial charge in [-0.2, -0.15) is 0 Å². The van der Waals surface area contributed by atoms with E-state index in [1.54, 1.807) is 48.5 Å². The van der Waals surface area contributed by atoms with Crippen LogP contribution in [0, 0.1) is 0 Å². The molecular weight excluding hydrogens is 297 g/mol. The number of ketones is 1. The van der Waals surface area contributed by atoms with Gasteiger partial charge in [0.05, 0.1) is 22.2 Å². The molecule has 2 aromatic carbocycles. The van der Waals surface area contributed by atoms with Gasteiger partial charge in [-0.25, -0.2) is 0 Å². The Morgan fingerprint density at radius 1 is 0.950 bits per heavy atom. The summed E-state index contributed by atoms with van der Waals surface area (Å²) in [5, 5.41) is 3.03. The van der Waals surface area contributed by atoms with E-state index in [0.717, 1.165) is 0 Å². The average molecular weight is 308 g/mol. The van der Waals surface area contributed by atoms with Crippen molar-refractivity contribution in [2.45, 2.75) is 0 Å². The fourth-order valence-corrected chi connectivity index (χ4v) is 2.11. The van der Waals surface area contributed by atoms with E-state index in [0.29, 0.717) is 21.8 Å². The summed E-state index contributed by atoms with van der Waals surface area (Å²) >= 11 is 11.5. The quantitative estimate of drug-likeness (QED) is 0.685. The summed E-state index contributed by atoms with van der Waals surface area (Å²) in [4.78, 5) is 23.9. The zero-order chi connectivity index (χ0) is 14.5. The van der Waals surface area contributed by atoms with Crippen molar-refractivity contribution in [3.63, 3.8) is 0 Å². The summed E-state index contributed by atoms with van der Waals surface area (Å²) in [6.45, 7) is 0. The monoisotopic (exact) mass is 307 g/mol. The van der Waals surface area contributed by atoms with Crippen molar-refractivity contribution in [2.75, 3.05) is 11.2 Å². The fourth-order valence-electron chi connectivity index (χ4n) is 1.74. The summed E-state index contributed by atoms with van der Waals surface area (Å²) in [5.41, 5.74) is 1.15. The lowest BCUT2D eigenvalue weighted by atomic mass is 10.1. The van der Waals surface area contributed by atoms with Gasteiger partial charge in [0.1, 0.15) is 0 Å². The Hall–Kier alpha value is -1.84. The van der Waals surface area contributed by atoms with Crippen LogP contribution in [0.25, 0.3) is 0 Å². The highest BCUT2D eigenvalue weighted by molar-refractivity contribution is 6.34. The lowest BCUT2D eigenvalue weighted by Gasteiger charge is -2.10. The maximum atomic E-state index is 12.2. The zero-order valence-electron chi connectivity index (χ0n) is 10.4. The first-order chi connectivity index (χ1) is 9.63. The van der Waals surface area contributed by atoms with Gasteiger partial charge >= 0.3 is 0 Å². The van der Waals surface area contributed by atoms with Gasteiger partial charge in [-0.05, 0) is 24.3 Å². The summed E-state index contributed by atoms with van der Waals surface area (Å²) in [6, 6.07) is 13.4. The molecule has 3 nitrogen and oxygen atoms in total. The van der Waals surface area contributed by atoms with Crippen molar-refractivity contribution in [3.05, 3.63) is 64.7 Å². The number of Topliss-reactive ketones (excluding diaryl/α,β-unsaturated/α-hetero) is 1. The highest BCUT2D eigenvalue weighted by atomic mass is 35.5. The summed E-state index contributed by atoms with van der Waals surface area (Å²) in [6.07, 6.45) is 0. The van der Waals surface area contributed by atoms with Crippen molar-refractivity contribution in [3.8, 4) is 0 Å². The topological polar surface area (TPSA) is 46.2 Å². The van der Waals surface area contributed by atoms with Gasteiger partial charge in [0, 0.05) is 5.56 Å². The second-order valence-corrected chi connectivity index (χ2v) is 4.71.